The van der Waals surface area contributed by atoms with Crippen LogP contribution in [0.1, 0.15) is 16.8 Å². The van der Waals surface area contributed by atoms with Gasteiger partial charge in [-0.3, -0.25) is 9.40 Å². The molecule has 0 saturated carbocycles. The SMILES string of the molecule is Cc1ccc(C#N)cc1NS(=O)(=O)c1c(N)nn(C)c1C. The van der Waals surface area contributed by atoms with Crippen LogP contribution >= 0.6 is 0 Å². The second-order valence-electron chi connectivity index (χ2n) is 4.67. The number of hydrogen-bond acceptors (Lipinski definition) is 5. The molecule has 0 radical (unpaired) electrons. The molecule has 0 atom stereocenters. The van der Waals surface area contributed by atoms with E-state index >= 15 is 0 Å². The lowest BCUT2D eigenvalue weighted by Crippen LogP contribution is -2.16. The lowest BCUT2D eigenvalue weighted by Gasteiger charge is -2.11. The van der Waals surface area contributed by atoms with Crippen molar-refractivity contribution in [3.8, 4) is 6.07 Å². The zero-order chi connectivity index (χ0) is 15.8. The summed E-state index contributed by atoms with van der Waals surface area (Å²) in [6.45, 7) is 3.37. The van der Waals surface area contributed by atoms with Gasteiger partial charge in [-0.25, -0.2) is 8.42 Å². The maximum Gasteiger partial charge on any atom is 0.267 e. The van der Waals surface area contributed by atoms with Crippen molar-refractivity contribution in [2.75, 3.05) is 10.5 Å². The lowest BCUT2D eigenvalue weighted by atomic mass is 10.1. The van der Waals surface area contributed by atoms with Crippen molar-refractivity contribution in [2.24, 2.45) is 7.05 Å². The van der Waals surface area contributed by atoms with Gasteiger partial charge in [0.1, 0.15) is 0 Å². The van der Waals surface area contributed by atoms with Crippen molar-refractivity contribution >= 4 is 21.5 Å². The van der Waals surface area contributed by atoms with E-state index in [1.807, 2.05) is 6.07 Å². The summed E-state index contributed by atoms with van der Waals surface area (Å²) in [6, 6.07) is 6.75. The highest BCUT2D eigenvalue weighted by atomic mass is 32.2. The van der Waals surface area contributed by atoms with Crippen LogP contribution in [0.3, 0.4) is 0 Å². The maximum absolute atomic E-state index is 12.5. The Bertz CT molecular complexity index is 846. The van der Waals surface area contributed by atoms with Gasteiger partial charge in [0, 0.05) is 7.05 Å². The quantitative estimate of drug-likeness (QED) is 0.887. The number of hydrogen-bond donors (Lipinski definition) is 2. The van der Waals surface area contributed by atoms with Crippen LogP contribution in [0, 0.1) is 25.2 Å². The Kier molecular flexibility index (Phi) is 3.61. The monoisotopic (exact) mass is 305 g/mol. The first-order chi connectivity index (χ1) is 9.76. The second kappa shape index (κ2) is 5.10. The van der Waals surface area contributed by atoms with Crippen LogP contribution in [0.25, 0.3) is 0 Å². The molecule has 8 heteroatoms. The van der Waals surface area contributed by atoms with E-state index < -0.39 is 10.0 Å². The Labute approximate surface area is 123 Å². The molecule has 2 rings (SSSR count). The van der Waals surface area contributed by atoms with E-state index in [9.17, 15) is 8.42 Å². The third-order valence-electron chi connectivity index (χ3n) is 3.18. The molecule has 0 bridgehead atoms. The molecule has 0 fully saturated rings. The molecule has 3 N–H and O–H groups in total. The van der Waals surface area contributed by atoms with Gasteiger partial charge in [0.05, 0.1) is 23.0 Å². The van der Waals surface area contributed by atoms with Gasteiger partial charge < -0.3 is 5.73 Å². The number of nitrogen functional groups attached to an aromatic ring is 1. The van der Waals surface area contributed by atoms with Crippen molar-refractivity contribution in [2.45, 2.75) is 18.7 Å². The highest BCUT2D eigenvalue weighted by molar-refractivity contribution is 7.93. The minimum atomic E-state index is -3.87. The van der Waals surface area contributed by atoms with E-state index in [1.165, 1.54) is 10.7 Å². The van der Waals surface area contributed by atoms with E-state index in [0.29, 0.717) is 22.5 Å². The van der Waals surface area contributed by atoms with Crippen molar-refractivity contribution in [3.63, 3.8) is 0 Å². The fourth-order valence-corrected chi connectivity index (χ4v) is 3.39. The number of nitriles is 1. The van der Waals surface area contributed by atoms with Gasteiger partial charge in [-0.1, -0.05) is 6.07 Å². The van der Waals surface area contributed by atoms with E-state index in [1.54, 1.807) is 33.0 Å². The summed E-state index contributed by atoms with van der Waals surface area (Å²) in [6.07, 6.45) is 0. The van der Waals surface area contributed by atoms with Crippen LogP contribution in [0.2, 0.25) is 0 Å². The lowest BCUT2D eigenvalue weighted by molar-refractivity contribution is 0.600. The summed E-state index contributed by atoms with van der Waals surface area (Å²) < 4.78 is 28.8. The van der Waals surface area contributed by atoms with Crippen molar-refractivity contribution < 1.29 is 8.42 Å². The number of aromatic nitrogens is 2. The molecule has 0 unspecified atom stereocenters. The van der Waals surface area contributed by atoms with Crippen molar-refractivity contribution in [3.05, 3.63) is 35.0 Å². The number of rotatable bonds is 3. The standard InChI is InChI=1S/C13H15N5O2S/c1-8-4-5-10(7-14)6-11(8)17-21(19,20)12-9(2)18(3)16-13(12)15/h4-6,17H,1-3H3,(H2,15,16). The molecule has 2 aromatic rings. The summed E-state index contributed by atoms with van der Waals surface area (Å²) in [5.41, 5.74) is 7.53. The Morgan fingerprint density at radius 1 is 1.38 bits per heavy atom. The van der Waals surface area contributed by atoms with Crippen molar-refractivity contribution in [1.82, 2.24) is 9.78 Å². The fraction of sp³-hybridized carbons (Fsp3) is 0.231. The van der Waals surface area contributed by atoms with Gasteiger partial charge in [-0.2, -0.15) is 10.4 Å². The van der Waals surface area contributed by atoms with Crippen LogP contribution in [-0.4, -0.2) is 18.2 Å². The Morgan fingerprint density at radius 3 is 2.57 bits per heavy atom. The highest BCUT2D eigenvalue weighted by Crippen LogP contribution is 2.26. The summed E-state index contributed by atoms with van der Waals surface area (Å²) in [4.78, 5) is -0.0493. The number of nitrogens with two attached hydrogens (primary N) is 1. The Hall–Kier alpha value is -2.53. The molecule has 7 nitrogen and oxygen atoms in total. The smallest absolute Gasteiger partial charge is 0.267 e. The zero-order valence-corrected chi connectivity index (χ0v) is 12.7. The van der Waals surface area contributed by atoms with Gasteiger partial charge in [0.15, 0.2) is 10.7 Å². The summed E-state index contributed by atoms with van der Waals surface area (Å²) in [5, 5.41) is 12.8. The van der Waals surface area contributed by atoms with Crippen LogP contribution in [-0.2, 0) is 17.1 Å². The molecule has 0 aliphatic rings. The Morgan fingerprint density at radius 2 is 2.05 bits per heavy atom. The third kappa shape index (κ3) is 2.68. The number of benzene rings is 1. The molecule has 110 valence electrons. The largest absolute Gasteiger partial charge is 0.381 e. The molecule has 0 saturated heterocycles. The van der Waals surface area contributed by atoms with Crippen LogP contribution in [0.4, 0.5) is 11.5 Å². The van der Waals surface area contributed by atoms with Crippen LogP contribution < -0.4 is 10.5 Å². The number of nitrogens with one attached hydrogen (secondary N) is 1. The van der Waals surface area contributed by atoms with Crippen molar-refractivity contribution in [1.29, 1.82) is 5.26 Å². The van der Waals surface area contributed by atoms with Gasteiger partial charge in [-0.15, -0.1) is 0 Å². The molecule has 0 aliphatic heterocycles. The first-order valence-corrected chi connectivity index (χ1v) is 7.57. The van der Waals surface area contributed by atoms with Gasteiger partial charge in [0.25, 0.3) is 10.0 Å². The minimum Gasteiger partial charge on any atom is -0.381 e. The average Bonchev–Trinajstić information content (AvgIpc) is 2.66. The number of nitrogens with zero attached hydrogens (tertiary/aromatic N) is 3. The van der Waals surface area contributed by atoms with E-state index in [0.717, 1.165) is 0 Å². The number of aryl methyl sites for hydroxylation is 2. The molecule has 0 amide bonds. The first kappa shape index (κ1) is 14.9. The van der Waals surface area contributed by atoms with Crippen LogP contribution in [0.5, 0.6) is 0 Å². The van der Waals surface area contributed by atoms with E-state index in [-0.39, 0.29) is 10.7 Å². The molecular weight excluding hydrogens is 290 g/mol. The van der Waals surface area contributed by atoms with Gasteiger partial charge >= 0.3 is 0 Å². The number of sulfonamides is 1. The summed E-state index contributed by atoms with van der Waals surface area (Å²) >= 11 is 0. The van der Waals surface area contributed by atoms with E-state index in [4.69, 9.17) is 11.0 Å². The molecule has 1 heterocycles. The van der Waals surface area contributed by atoms with E-state index in [2.05, 4.69) is 9.82 Å². The molecule has 21 heavy (non-hydrogen) atoms. The number of anilines is 2. The topological polar surface area (TPSA) is 114 Å². The normalized spacial score (nSPS) is 11.1. The first-order valence-electron chi connectivity index (χ1n) is 6.09. The third-order valence-corrected chi connectivity index (χ3v) is 4.71. The predicted molar refractivity (Wildman–Crippen MR) is 79.1 cm³/mol. The Balaban J connectivity index is 2.50. The molecule has 1 aromatic carbocycles. The van der Waals surface area contributed by atoms with Gasteiger partial charge in [-0.05, 0) is 31.5 Å². The van der Waals surface area contributed by atoms with Gasteiger partial charge in [0.2, 0.25) is 0 Å². The summed E-state index contributed by atoms with van der Waals surface area (Å²) in [5.74, 6) is -0.0587. The summed E-state index contributed by atoms with van der Waals surface area (Å²) in [7, 11) is -2.25. The molecular formula is C13H15N5O2S. The molecule has 1 aromatic heterocycles. The fourth-order valence-electron chi connectivity index (χ4n) is 1.94. The average molecular weight is 305 g/mol. The van der Waals surface area contributed by atoms with Crippen LogP contribution in [0.15, 0.2) is 23.1 Å². The molecule has 0 spiro atoms. The minimum absolute atomic E-state index is 0.0493. The second-order valence-corrected chi connectivity index (χ2v) is 6.29. The highest BCUT2D eigenvalue weighted by Gasteiger charge is 2.25. The maximum atomic E-state index is 12.5. The molecule has 0 aliphatic carbocycles. The zero-order valence-electron chi connectivity index (χ0n) is 11.9. The predicted octanol–water partition coefficient (Wildman–Crippen LogP) is 1.29.